The van der Waals surface area contributed by atoms with Crippen LogP contribution in [0.3, 0.4) is 0 Å². The topological polar surface area (TPSA) is 110 Å². The number of aliphatic hydroxyl groups excluding tert-OH is 4. The highest BCUT2D eigenvalue weighted by molar-refractivity contribution is 8.00. The first kappa shape index (κ1) is 12.7. The van der Waals surface area contributed by atoms with Gasteiger partial charge >= 0.3 is 0 Å². The van der Waals surface area contributed by atoms with E-state index in [0.29, 0.717) is 0 Å². The van der Waals surface area contributed by atoms with Crippen molar-refractivity contribution in [2.75, 3.05) is 6.61 Å². The van der Waals surface area contributed by atoms with Gasteiger partial charge in [-0.3, -0.25) is 4.79 Å². The van der Waals surface area contributed by atoms with E-state index in [9.17, 15) is 20.1 Å². The van der Waals surface area contributed by atoms with E-state index < -0.39 is 34.8 Å². The van der Waals surface area contributed by atoms with Gasteiger partial charge in [-0.25, -0.2) is 0 Å². The van der Waals surface area contributed by atoms with Gasteiger partial charge in [0.1, 0.15) is 11.5 Å². The predicted molar refractivity (Wildman–Crippen MR) is 54.1 cm³/mol. The second-order valence-electron chi connectivity index (χ2n) is 3.46. The van der Waals surface area contributed by atoms with E-state index >= 15 is 0 Å². The van der Waals surface area contributed by atoms with Crippen molar-refractivity contribution in [3.05, 3.63) is 0 Å². The Labute approximate surface area is 91.3 Å². The van der Waals surface area contributed by atoms with E-state index in [1.807, 2.05) is 0 Å². The van der Waals surface area contributed by atoms with Gasteiger partial charge < -0.3 is 25.7 Å². The van der Waals surface area contributed by atoms with E-state index in [1.165, 1.54) is 6.92 Å². The molecule has 5 unspecified atom stereocenters. The zero-order valence-corrected chi connectivity index (χ0v) is 9.02. The number of hydrogen-bond donors (Lipinski definition) is 5. The second-order valence-corrected chi connectivity index (χ2v) is 4.82. The zero-order chi connectivity index (χ0) is 11.6. The molecule has 0 saturated carbocycles. The molecule has 1 amide bonds. The molecule has 1 fully saturated rings. The fourth-order valence-electron chi connectivity index (χ4n) is 1.49. The standard InChI is InChI=1S/C8H15NO5S/c1-3(11)9-5-7(13)6(12)4(2-10)15-8(5)14/h4-8,10,12-14H,2H2,1H3,(H,9,11). The van der Waals surface area contributed by atoms with Gasteiger partial charge in [0.15, 0.2) is 0 Å². The van der Waals surface area contributed by atoms with Gasteiger partial charge in [-0.2, -0.15) is 0 Å². The van der Waals surface area contributed by atoms with Crippen molar-refractivity contribution >= 4 is 17.7 Å². The van der Waals surface area contributed by atoms with Crippen LogP contribution in [0, 0.1) is 0 Å². The van der Waals surface area contributed by atoms with E-state index in [0.717, 1.165) is 11.8 Å². The summed E-state index contributed by atoms with van der Waals surface area (Å²) in [6.45, 7) is 0.918. The third-order valence-electron chi connectivity index (χ3n) is 2.27. The summed E-state index contributed by atoms with van der Waals surface area (Å²) in [5.74, 6) is -0.395. The molecular weight excluding hydrogens is 222 g/mol. The maximum atomic E-state index is 10.8. The van der Waals surface area contributed by atoms with Gasteiger partial charge in [0.2, 0.25) is 5.91 Å². The summed E-state index contributed by atoms with van der Waals surface area (Å²) in [6.07, 6.45) is -2.44. The van der Waals surface area contributed by atoms with Crippen LogP contribution in [-0.4, -0.2) is 61.9 Å². The maximum Gasteiger partial charge on any atom is 0.217 e. The monoisotopic (exact) mass is 237 g/mol. The lowest BCUT2D eigenvalue weighted by Gasteiger charge is -2.39. The Kier molecular flexibility index (Phi) is 4.35. The SMILES string of the molecule is CC(=O)NC1C(O)SC(CO)C(O)C1O. The van der Waals surface area contributed by atoms with Crippen LogP contribution in [0.1, 0.15) is 6.92 Å². The molecule has 0 aromatic carbocycles. The van der Waals surface area contributed by atoms with Gasteiger partial charge in [0.25, 0.3) is 0 Å². The number of carbonyl (C=O) groups excluding carboxylic acids is 1. The van der Waals surface area contributed by atoms with Crippen LogP contribution in [0.5, 0.6) is 0 Å². The molecule has 0 radical (unpaired) electrons. The molecule has 0 aromatic heterocycles. The highest BCUT2D eigenvalue weighted by atomic mass is 32.2. The van der Waals surface area contributed by atoms with Crippen molar-refractivity contribution < 1.29 is 25.2 Å². The normalized spacial score (nSPS) is 41.3. The summed E-state index contributed by atoms with van der Waals surface area (Å²) in [7, 11) is 0. The average Bonchev–Trinajstić information content (AvgIpc) is 2.18. The predicted octanol–water partition coefficient (Wildman–Crippen LogP) is -2.36. The molecule has 0 aliphatic carbocycles. The Hall–Kier alpha value is -0.340. The number of nitrogens with one attached hydrogen (secondary N) is 1. The molecule has 15 heavy (non-hydrogen) atoms. The van der Waals surface area contributed by atoms with Crippen molar-refractivity contribution in [3.8, 4) is 0 Å². The van der Waals surface area contributed by atoms with Crippen molar-refractivity contribution in [3.63, 3.8) is 0 Å². The molecule has 7 heteroatoms. The number of amides is 1. The number of aliphatic hydroxyl groups is 4. The van der Waals surface area contributed by atoms with Crippen LogP contribution in [0.15, 0.2) is 0 Å². The van der Waals surface area contributed by atoms with Crippen LogP contribution in [0.2, 0.25) is 0 Å². The molecule has 1 aliphatic heterocycles. The van der Waals surface area contributed by atoms with Crippen molar-refractivity contribution in [1.82, 2.24) is 5.32 Å². The van der Waals surface area contributed by atoms with E-state index in [4.69, 9.17) is 5.11 Å². The third-order valence-corrected chi connectivity index (χ3v) is 3.62. The number of rotatable bonds is 2. The molecule has 1 rings (SSSR count). The van der Waals surface area contributed by atoms with Gasteiger partial charge in [0, 0.05) is 6.92 Å². The summed E-state index contributed by atoms with van der Waals surface area (Å²) in [5.41, 5.74) is -1.04. The largest absolute Gasteiger partial charge is 0.395 e. The zero-order valence-electron chi connectivity index (χ0n) is 8.20. The van der Waals surface area contributed by atoms with Crippen molar-refractivity contribution in [1.29, 1.82) is 0 Å². The summed E-state index contributed by atoms with van der Waals surface area (Å²) < 4.78 is 0. The highest BCUT2D eigenvalue weighted by Gasteiger charge is 2.43. The summed E-state index contributed by atoms with van der Waals surface area (Å²) >= 11 is 0.929. The summed E-state index contributed by atoms with van der Waals surface area (Å²) in [4.78, 5) is 10.8. The van der Waals surface area contributed by atoms with Crippen LogP contribution in [0.25, 0.3) is 0 Å². The minimum absolute atomic E-state index is 0.341. The van der Waals surface area contributed by atoms with Gasteiger partial charge in [-0.05, 0) is 0 Å². The first-order valence-corrected chi connectivity index (χ1v) is 5.49. The molecule has 1 heterocycles. The Morgan fingerprint density at radius 3 is 2.40 bits per heavy atom. The quantitative estimate of drug-likeness (QED) is 0.367. The van der Waals surface area contributed by atoms with Crippen molar-refractivity contribution in [2.45, 2.75) is 35.9 Å². The summed E-state index contributed by atoms with van der Waals surface area (Å²) in [5, 5.41) is 39.3. The van der Waals surface area contributed by atoms with E-state index in [2.05, 4.69) is 5.32 Å². The number of carbonyl (C=O) groups is 1. The maximum absolute atomic E-state index is 10.8. The fraction of sp³-hybridized carbons (Fsp3) is 0.875. The van der Waals surface area contributed by atoms with Gasteiger partial charge in [-0.15, -0.1) is 11.8 Å². The van der Waals surface area contributed by atoms with Crippen LogP contribution < -0.4 is 5.32 Å². The van der Waals surface area contributed by atoms with E-state index in [1.54, 1.807) is 0 Å². The second kappa shape index (κ2) is 5.13. The van der Waals surface area contributed by atoms with Crippen molar-refractivity contribution in [2.24, 2.45) is 0 Å². The first-order valence-electron chi connectivity index (χ1n) is 4.55. The highest BCUT2D eigenvalue weighted by Crippen LogP contribution is 2.30. The molecule has 0 aromatic rings. The Morgan fingerprint density at radius 2 is 1.93 bits per heavy atom. The minimum Gasteiger partial charge on any atom is -0.395 e. The molecule has 0 bridgehead atoms. The molecule has 5 N–H and O–H groups in total. The number of hydrogen-bond acceptors (Lipinski definition) is 6. The molecule has 88 valence electrons. The lowest BCUT2D eigenvalue weighted by Crippen LogP contribution is -2.60. The molecule has 1 saturated heterocycles. The number of thioether (sulfide) groups is 1. The van der Waals surface area contributed by atoms with Crippen LogP contribution in [0.4, 0.5) is 0 Å². The van der Waals surface area contributed by atoms with Gasteiger partial charge in [0.05, 0.1) is 24.0 Å². The van der Waals surface area contributed by atoms with E-state index in [-0.39, 0.29) is 6.61 Å². The third kappa shape index (κ3) is 2.82. The van der Waals surface area contributed by atoms with Crippen LogP contribution in [-0.2, 0) is 4.79 Å². The molecule has 0 spiro atoms. The smallest absolute Gasteiger partial charge is 0.217 e. The Morgan fingerprint density at radius 1 is 1.33 bits per heavy atom. The summed E-state index contributed by atoms with van der Waals surface area (Å²) in [6, 6.07) is -0.912. The fourth-order valence-corrected chi connectivity index (χ4v) is 2.65. The first-order chi connectivity index (χ1) is 6.97. The molecule has 1 aliphatic rings. The van der Waals surface area contributed by atoms with Crippen LogP contribution >= 0.6 is 11.8 Å². The Bertz CT molecular complexity index is 239. The minimum atomic E-state index is -1.28. The Balaban J connectivity index is 2.70. The molecular formula is C8H15NO5S. The lowest BCUT2D eigenvalue weighted by atomic mass is 10.0. The van der Waals surface area contributed by atoms with Gasteiger partial charge in [-0.1, -0.05) is 0 Å². The molecule has 5 atom stereocenters. The lowest BCUT2D eigenvalue weighted by molar-refractivity contribution is -0.122. The molecule has 6 nitrogen and oxygen atoms in total. The average molecular weight is 237 g/mol.